The van der Waals surface area contributed by atoms with Crippen LogP contribution in [-0.2, 0) is 16.0 Å². The smallest absolute Gasteiger partial charge is 0.317 e. The third-order valence-corrected chi connectivity index (χ3v) is 3.79. The Morgan fingerprint density at radius 3 is 3.18 bits per heavy atom. The molecule has 2 N–H and O–H groups in total. The van der Waals surface area contributed by atoms with Gasteiger partial charge in [-0.05, 0) is 17.5 Å². The summed E-state index contributed by atoms with van der Waals surface area (Å²) in [6.07, 6.45) is -0.0439. The second-order valence-corrected chi connectivity index (χ2v) is 5.43. The summed E-state index contributed by atoms with van der Waals surface area (Å²) in [5.74, 6) is 0. The van der Waals surface area contributed by atoms with Crippen molar-refractivity contribution in [3.05, 3.63) is 36.0 Å². The highest BCUT2D eigenvalue weighted by Crippen LogP contribution is 2.14. The van der Waals surface area contributed by atoms with E-state index in [4.69, 9.17) is 9.47 Å². The van der Waals surface area contributed by atoms with Crippen molar-refractivity contribution >= 4 is 16.9 Å². The molecule has 0 saturated carbocycles. The molecule has 2 amide bonds. The third kappa shape index (κ3) is 3.40. The summed E-state index contributed by atoms with van der Waals surface area (Å²) in [5.41, 5.74) is 2.08. The largest absolute Gasteiger partial charge is 0.382 e. The van der Waals surface area contributed by atoms with Gasteiger partial charge in [0.25, 0.3) is 0 Å². The standard InChI is InChI=1S/C16H21N3O3/c1-21-11-14-10-19(6-7-22-14)16(20)17-9-13-8-12-4-2-3-5-15(12)18-13/h2-5,8,14,18H,6-7,9-11H2,1H3,(H,17,20)/t14-/m1/s1. The fourth-order valence-electron chi connectivity index (χ4n) is 2.70. The molecule has 3 rings (SSSR count). The number of aromatic amines is 1. The van der Waals surface area contributed by atoms with Gasteiger partial charge in [0, 0.05) is 24.9 Å². The molecular formula is C16H21N3O3. The normalized spacial score (nSPS) is 18.6. The van der Waals surface area contributed by atoms with Crippen molar-refractivity contribution in [1.82, 2.24) is 15.2 Å². The maximum Gasteiger partial charge on any atom is 0.317 e. The van der Waals surface area contributed by atoms with Gasteiger partial charge < -0.3 is 24.7 Å². The number of ether oxygens (including phenoxy) is 2. The number of carbonyl (C=O) groups is 1. The summed E-state index contributed by atoms with van der Waals surface area (Å²) in [6, 6.07) is 10.1. The van der Waals surface area contributed by atoms with Crippen molar-refractivity contribution in [2.75, 3.05) is 33.4 Å². The molecule has 22 heavy (non-hydrogen) atoms. The summed E-state index contributed by atoms with van der Waals surface area (Å²) >= 11 is 0. The molecule has 6 heteroatoms. The zero-order chi connectivity index (χ0) is 15.4. The molecular weight excluding hydrogens is 282 g/mol. The molecule has 0 unspecified atom stereocenters. The van der Waals surface area contributed by atoms with Crippen molar-refractivity contribution in [1.29, 1.82) is 0 Å². The lowest BCUT2D eigenvalue weighted by atomic mass is 10.2. The van der Waals surface area contributed by atoms with Gasteiger partial charge in [-0.15, -0.1) is 0 Å². The molecule has 0 radical (unpaired) electrons. The molecule has 1 fully saturated rings. The first-order valence-electron chi connectivity index (χ1n) is 7.46. The van der Waals surface area contributed by atoms with Crippen LogP contribution in [0.2, 0.25) is 0 Å². The minimum Gasteiger partial charge on any atom is -0.382 e. The highest BCUT2D eigenvalue weighted by atomic mass is 16.5. The molecule has 6 nitrogen and oxygen atoms in total. The Balaban J connectivity index is 1.55. The van der Waals surface area contributed by atoms with Gasteiger partial charge in [-0.2, -0.15) is 0 Å². The number of hydrogen-bond donors (Lipinski definition) is 2. The van der Waals surface area contributed by atoms with Gasteiger partial charge in [-0.1, -0.05) is 18.2 Å². The maximum atomic E-state index is 12.2. The van der Waals surface area contributed by atoms with E-state index in [0.29, 0.717) is 32.8 Å². The number of nitrogens with zero attached hydrogens (tertiary/aromatic N) is 1. The highest BCUT2D eigenvalue weighted by Gasteiger charge is 2.23. The van der Waals surface area contributed by atoms with Crippen LogP contribution in [0.25, 0.3) is 10.9 Å². The lowest BCUT2D eigenvalue weighted by molar-refractivity contribution is -0.0494. The number of morpholine rings is 1. The molecule has 1 aromatic heterocycles. The number of nitrogens with one attached hydrogen (secondary N) is 2. The quantitative estimate of drug-likeness (QED) is 0.904. The third-order valence-electron chi connectivity index (χ3n) is 3.79. The van der Waals surface area contributed by atoms with E-state index < -0.39 is 0 Å². The summed E-state index contributed by atoms with van der Waals surface area (Å²) in [5, 5.41) is 4.10. The second kappa shape index (κ2) is 6.81. The number of carbonyl (C=O) groups excluding carboxylic acids is 1. The van der Waals surface area contributed by atoms with Gasteiger partial charge in [-0.3, -0.25) is 0 Å². The molecule has 1 aliphatic heterocycles. The van der Waals surface area contributed by atoms with E-state index in [-0.39, 0.29) is 12.1 Å². The van der Waals surface area contributed by atoms with Gasteiger partial charge in [0.2, 0.25) is 0 Å². The van der Waals surface area contributed by atoms with E-state index >= 15 is 0 Å². The van der Waals surface area contributed by atoms with Crippen LogP contribution in [0.4, 0.5) is 4.79 Å². The number of urea groups is 1. The number of rotatable bonds is 4. The van der Waals surface area contributed by atoms with Crippen LogP contribution in [-0.4, -0.2) is 55.4 Å². The Bertz CT molecular complexity index is 605. The zero-order valence-electron chi connectivity index (χ0n) is 12.7. The predicted octanol–water partition coefficient (Wildman–Crippen LogP) is 1.72. The first kappa shape index (κ1) is 14.9. The van der Waals surface area contributed by atoms with E-state index in [9.17, 15) is 4.79 Å². The van der Waals surface area contributed by atoms with Crippen LogP contribution in [0.5, 0.6) is 0 Å². The minimum absolute atomic E-state index is 0.0439. The second-order valence-electron chi connectivity index (χ2n) is 5.43. The first-order valence-corrected chi connectivity index (χ1v) is 7.46. The Labute approximate surface area is 129 Å². The van der Waals surface area contributed by atoms with Gasteiger partial charge in [0.1, 0.15) is 0 Å². The molecule has 1 aliphatic rings. The van der Waals surface area contributed by atoms with Crippen LogP contribution in [0.3, 0.4) is 0 Å². The average molecular weight is 303 g/mol. The molecule has 1 saturated heterocycles. The van der Waals surface area contributed by atoms with Crippen molar-refractivity contribution in [3.63, 3.8) is 0 Å². The maximum absolute atomic E-state index is 12.2. The van der Waals surface area contributed by atoms with Gasteiger partial charge in [0.05, 0.1) is 32.4 Å². The average Bonchev–Trinajstić information content (AvgIpc) is 2.96. The summed E-state index contributed by atoms with van der Waals surface area (Å²) in [7, 11) is 1.64. The number of hydrogen-bond acceptors (Lipinski definition) is 3. The van der Waals surface area contributed by atoms with Crippen LogP contribution in [0.15, 0.2) is 30.3 Å². The minimum atomic E-state index is -0.0666. The van der Waals surface area contributed by atoms with Crippen molar-refractivity contribution in [3.8, 4) is 0 Å². The van der Waals surface area contributed by atoms with Crippen molar-refractivity contribution in [2.24, 2.45) is 0 Å². The molecule has 0 aliphatic carbocycles. The van der Waals surface area contributed by atoms with Crippen LogP contribution in [0.1, 0.15) is 5.69 Å². The van der Waals surface area contributed by atoms with E-state index in [2.05, 4.69) is 22.4 Å². The SMILES string of the molecule is COC[C@H]1CN(C(=O)NCc2cc3ccccc3[nH]2)CCO1. The molecule has 0 bridgehead atoms. The van der Waals surface area contributed by atoms with E-state index in [0.717, 1.165) is 16.6 Å². The Kier molecular flexibility index (Phi) is 4.60. The summed E-state index contributed by atoms with van der Waals surface area (Å²) in [6.45, 7) is 2.71. The Morgan fingerprint density at radius 1 is 1.50 bits per heavy atom. The number of amides is 2. The number of fused-ring (bicyclic) bond motifs is 1. The molecule has 2 heterocycles. The van der Waals surface area contributed by atoms with Crippen LogP contribution in [0, 0.1) is 0 Å². The molecule has 2 aromatic rings. The molecule has 1 aromatic carbocycles. The lowest BCUT2D eigenvalue weighted by Gasteiger charge is -2.32. The van der Waals surface area contributed by atoms with E-state index in [1.54, 1.807) is 12.0 Å². The van der Waals surface area contributed by atoms with Crippen LogP contribution >= 0.6 is 0 Å². The molecule has 118 valence electrons. The molecule has 0 spiro atoms. The summed E-state index contributed by atoms with van der Waals surface area (Å²) < 4.78 is 10.6. The highest BCUT2D eigenvalue weighted by molar-refractivity contribution is 5.80. The monoisotopic (exact) mass is 303 g/mol. The zero-order valence-corrected chi connectivity index (χ0v) is 12.7. The van der Waals surface area contributed by atoms with Gasteiger partial charge in [-0.25, -0.2) is 4.79 Å². The van der Waals surface area contributed by atoms with Gasteiger partial charge in [0.15, 0.2) is 0 Å². The van der Waals surface area contributed by atoms with Gasteiger partial charge >= 0.3 is 6.03 Å². The van der Waals surface area contributed by atoms with Crippen molar-refractivity contribution in [2.45, 2.75) is 12.6 Å². The summed E-state index contributed by atoms with van der Waals surface area (Å²) in [4.78, 5) is 17.3. The van der Waals surface area contributed by atoms with Crippen LogP contribution < -0.4 is 5.32 Å². The Morgan fingerprint density at radius 2 is 2.36 bits per heavy atom. The number of para-hydroxylation sites is 1. The topological polar surface area (TPSA) is 66.6 Å². The van der Waals surface area contributed by atoms with E-state index in [1.807, 2.05) is 18.2 Å². The molecule has 1 atom stereocenters. The van der Waals surface area contributed by atoms with Crippen molar-refractivity contribution < 1.29 is 14.3 Å². The number of aromatic nitrogens is 1. The number of benzene rings is 1. The fourth-order valence-corrected chi connectivity index (χ4v) is 2.70. The first-order chi connectivity index (χ1) is 10.8. The predicted molar refractivity (Wildman–Crippen MR) is 83.7 cm³/mol. The number of H-pyrrole nitrogens is 1. The van der Waals surface area contributed by atoms with E-state index in [1.165, 1.54) is 0 Å². The number of methoxy groups -OCH3 is 1. The Hall–Kier alpha value is -2.05. The fraction of sp³-hybridized carbons (Fsp3) is 0.438. The lowest BCUT2D eigenvalue weighted by Crippen LogP contribution is -2.50.